The standard InChI is InChI=1S/C31H26BrClN2O5S/c1-4-39-30(37)26-18(2)34-31-35(27(26)21-8-6-5-7-9-21)29(36)25(41-31)16-20-14-23(32)28(24(15-20)38-3)40-17-19-10-12-22(33)13-11-19/h5-16,27H,4,17H2,1-3H3/b25-16+. The maximum atomic E-state index is 13.9. The molecule has 0 N–H and O–H groups in total. The van der Waals surface area contributed by atoms with Crippen molar-refractivity contribution in [2.45, 2.75) is 26.5 Å². The van der Waals surface area contributed by atoms with E-state index >= 15 is 0 Å². The third kappa shape index (κ3) is 6.02. The van der Waals surface area contributed by atoms with Gasteiger partial charge in [-0.2, -0.15) is 0 Å². The molecule has 0 saturated heterocycles. The zero-order valence-corrected chi connectivity index (χ0v) is 25.7. The Kier molecular flexibility index (Phi) is 8.77. The minimum absolute atomic E-state index is 0.220. The van der Waals surface area contributed by atoms with Crippen LogP contribution < -0.4 is 24.4 Å². The zero-order valence-electron chi connectivity index (χ0n) is 22.5. The van der Waals surface area contributed by atoms with Crippen LogP contribution in [-0.4, -0.2) is 24.3 Å². The molecule has 0 bridgehead atoms. The Hall–Kier alpha value is -3.66. The van der Waals surface area contributed by atoms with Crippen LogP contribution in [0.15, 0.2) is 92.3 Å². The molecule has 2 heterocycles. The van der Waals surface area contributed by atoms with Gasteiger partial charge in [-0.15, -0.1) is 0 Å². The molecule has 4 aromatic rings. The Morgan fingerprint density at radius 1 is 1.15 bits per heavy atom. The predicted octanol–water partition coefficient (Wildman–Crippen LogP) is 5.80. The summed E-state index contributed by atoms with van der Waals surface area (Å²) in [5.41, 5.74) is 3.11. The number of hydrogen-bond acceptors (Lipinski definition) is 7. The molecular weight excluding hydrogens is 628 g/mol. The number of allylic oxidation sites excluding steroid dienone is 1. The smallest absolute Gasteiger partial charge is 0.338 e. The van der Waals surface area contributed by atoms with E-state index in [9.17, 15) is 9.59 Å². The second-order valence-corrected chi connectivity index (χ2v) is 11.5. The quantitative estimate of drug-likeness (QED) is 0.225. The average molecular weight is 654 g/mol. The van der Waals surface area contributed by atoms with Gasteiger partial charge in [-0.1, -0.05) is 65.4 Å². The van der Waals surface area contributed by atoms with Crippen molar-refractivity contribution in [1.29, 1.82) is 0 Å². The highest BCUT2D eigenvalue weighted by molar-refractivity contribution is 9.10. The largest absolute Gasteiger partial charge is 0.493 e. The van der Waals surface area contributed by atoms with E-state index in [1.165, 1.54) is 11.3 Å². The van der Waals surface area contributed by atoms with Crippen molar-refractivity contribution in [2.75, 3.05) is 13.7 Å². The molecule has 41 heavy (non-hydrogen) atoms. The van der Waals surface area contributed by atoms with Crippen molar-refractivity contribution in [3.05, 3.63) is 124 Å². The second kappa shape index (κ2) is 12.5. The van der Waals surface area contributed by atoms with Crippen molar-refractivity contribution in [1.82, 2.24) is 4.57 Å². The Morgan fingerprint density at radius 3 is 2.56 bits per heavy atom. The number of ether oxygens (including phenoxy) is 3. The number of nitrogens with zero attached hydrogens (tertiary/aromatic N) is 2. The lowest BCUT2D eigenvalue weighted by Gasteiger charge is -2.24. The Balaban J connectivity index is 1.56. The molecule has 1 aliphatic heterocycles. The molecule has 0 radical (unpaired) electrons. The summed E-state index contributed by atoms with van der Waals surface area (Å²) in [6, 6.07) is 19.9. The number of rotatable bonds is 8. The molecule has 10 heteroatoms. The molecular formula is C31H26BrClN2O5S. The van der Waals surface area contributed by atoms with E-state index in [-0.39, 0.29) is 12.2 Å². The molecule has 1 aromatic heterocycles. The first-order valence-electron chi connectivity index (χ1n) is 12.8. The molecule has 0 amide bonds. The van der Waals surface area contributed by atoms with Gasteiger partial charge in [-0.3, -0.25) is 9.36 Å². The number of halogens is 2. The van der Waals surface area contributed by atoms with E-state index in [2.05, 4.69) is 20.9 Å². The van der Waals surface area contributed by atoms with Crippen LogP contribution in [0.1, 0.15) is 36.6 Å². The highest BCUT2D eigenvalue weighted by Crippen LogP contribution is 2.37. The summed E-state index contributed by atoms with van der Waals surface area (Å²) in [5, 5.41) is 0.657. The van der Waals surface area contributed by atoms with E-state index in [1.807, 2.05) is 66.7 Å². The Labute approximate surface area is 254 Å². The summed E-state index contributed by atoms with van der Waals surface area (Å²) < 4.78 is 19.7. The Bertz CT molecular complexity index is 1810. The number of methoxy groups -OCH3 is 1. The average Bonchev–Trinajstić information content (AvgIpc) is 3.26. The third-order valence-corrected chi connectivity index (χ3v) is 8.30. The highest BCUT2D eigenvalue weighted by atomic mass is 79.9. The molecule has 1 aliphatic rings. The van der Waals surface area contributed by atoms with Crippen LogP contribution in [0.2, 0.25) is 5.02 Å². The minimum atomic E-state index is -0.654. The fraction of sp³-hybridized carbons (Fsp3) is 0.194. The molecule has 5 rings (SSSR count). The van der Waals surface area contributed by atoms with Gasteiger partial charge in [0.1, 0.15) is 6.61 Å². The molecule has 0 spiro atoms. The summed E-state index contributed by atoms with van der Waals surface area (Å²) in [5.74, 6) is 0.564. The molecule has 3 aromatic carbocycles. The summed E-state index contributed by atoms with van der Waals surface area (Å²) >= 11 is 10.8. The van der Waals surface area contributed by atoms with Gasteiger partial charge in [0.2, 0.25) is 0 Å². The molecule has 1 atom stereocenters. The maximum Gasteiger partial charge on any atom is 0.338 e. The number of carbonyl (C=O) groups is 1. The number of hydrogen-bond donors (Lipinski definition) is 0. The van der Waals surface area contributed by atoms with Gasteiger partial charge < -0.3 is 14.2 Å². The first-order chi connectivity index (χ1) is 19.8. The van der Waals surface area contributed by atoms with Crippen LogP contribution in [0.5, 0.6) is 11.5 Å². The topological polar surface area (TPSA) is 79.1 Å². The van der Waals surface area contributed by atoms with Crippen molar-refractivity contribution in [2.24, 2.45) is 4.99 Å². The number of aromatic nitrogens is 1. The van der Waals surface area contributed by atoms with Crippen LogP contribution in [0.3, 0.4) is 0 Å². The highest BCUT2D eigenvalue weighted by Gasteiger charge is 2.33. The molecule has 0 saturated carbocycles. The summed E-state index contributed by atoms with van der Waals surface area (Å²) in [7, 11) is 1.56. The van der Waals surface area contributed by atoms with Crippen LogP contribution >= 0.6 is 38.9 Å². The van der Waals surface area contributed by atoms with Gasteiger partial charge in [-0.05, 0) is 76.8 Å². The van der Waals surface area contributed by atoms with Gasteiger partial charge in [-0.25, -0.2) is 9.79 Å². The fourth-order valence-electron chi connectivity index (χ4n) is 4.59. The predicted molar refractivity (Wildman–Crippen MR) is 163 cm³/mol. The van der Waals surface area contributed by atoms with Crippen molar-refractivity contribution in [3.63, 3.8) is 0 Å². The molecule has 7 nitrogen and oxygen atoms in total. The molecule has 1 unspecified atom stereocenters. The van der Waals surface area contributed by atoms with Crippen LogP contribution in [-0.2, 0) is 16.1 Å². The van der Waals surface area contributed by atoms with Crippen LogP contribution in [0, 0.1) is 0 Å². The monoisotopic (exact) mass is 652 g/mol. The fourth-order valence-corrected chi connectivity index (χ4v) is 6.34. The van der Waals surface area contributed by atoms with Crippen LogP contribution in [0.25, 0.3) is 6.08 Å². The molecule has 0 fully saturated rings. The first kappa shape index (κ1) is 28.9. The van der Waals surface area contributed by atoms with E-state index in [0.717, 1.165) is 16.7 Å². The van der Waals surface area contributed by atoms with E-state index in [0.29, 0.717) is 48.2 Å². The third-order valence-electron chi connectivity index (χ3n) is 6.48. The van der Waals surface area contributed by atoms with Crippen molar-refractivity contribution >= 4 is 50.9 Å². The number of thiazole rings is 1. The van der Waals surface area contributed by atoms with Crippen LogP contribution in [0.4, 0.5) is 0 Å². The lowest BCUT2D eigenvalue weighted by molar-refractivity contribution is -0.139. The van der Waals surface area contributed by atoms with E-state index in [4.69, 9.17) is 25.8 Å². The first-order valence-corrected chi connectivity index (χ1v) is 14.8. The SMILES string of the molecule is CCOC(=O)C1=C(C)N=c2s/c(=C/c3cc(Br)c(OCc4ccc(Cl)cc4)c(OC)c3)c(=O)n2C1c1ccccc1. The lowest BCUT2D eigenvalue weighted by atomic mass is 9.96. The molecule has 0 aliphatic carbocycles. The van der Waals surface area contributed by atoms with Gasteiger partial charge in [0.05, 0.1) is 40.0 Å². The number of fused-ring (bicyclic) bond motifs is 1. The van der Waals surface area contributed by atoms with E-state index in [1.54, 1.807) is 31.6 Å². The van der Waals surface area contributed by atoms with Crippen molar-refractivity contribution in [3.8, 4) is 11.5 Å². The summed E-state index contributed by atoms with van der Waals surface area (Å²) in [4.78, 5) is 32.0. The van der Waals surface area contributed by atoms with E-state index < -0.39 is 12.0 Å². The maximum absolute atomic E-state index is 13.9. The summed E-state index contributed by atoms with van der Waals surface area (Å²) in [6.07, 6.45) is 1.78. The Morgan fingerprint density at radius 2 is 1.88 bits per heavy atom. The number of carbonyl (C=O) groups excluding carboxylic acids is 1. The summed E-state index contributed by atoms with van der Waals surface area (Å²) in [6.45, 7) is 4.06. The minimum Gasteiger partial charge on any atom is -0.493 e. The zero-order chi connectivity index (χ0) is 29.1. The molecule has 210 valence electrons. The second-order valence-electron chi connectivity index (χ2n) is 9.16. The van der Waals surface area contributed by atoms with Gasteiger partial charge in [0, 0.05) is 5.02 Å². The number of esters is 1. The normalized spacial score (nSPS) is 14.9. The van der Waals surface area contributed by atoms with Gasteiger partial charge >= 0.3 is 5.97 Å². The van der Waals surface area contributed by atoms with Gasteiger partial charge in [0.25, 0.3) is 5.56 Å². The van der Waals surface area contributed by atoms with Gasteiger partial charge in [0.15, 0.2) is 16.3 Å². The van der Waals surface area contributed by atoms with Crippen molar-refractivity contribution < 1.29 is 19.0 Å². The lowest BCUT2D eigenvalue weighted by Crippen LogP contribution is -2.39. The number of benzene rings is 3.